The molecule has 0 saturated carbocycles. The van der Waals surface area contributed by atoms with Crippen LogP contribution in [-0.4, -0.2) is 28.4 Å². The fraction of sp³-hybridized carbons (Fsp3) is 0.565. The number of ether oxygens (including phenoxy) is 1. The van der Waals surface area contributed by atoms with Crippen molar-refractivity contribution in [2.45, 2.75) is 59.0 Å². The van der Waals surface area contributed by atoms with Crippen LogP contribution in [0.2, 0.25) is 0 Å². The Morgan fingerprint density at radius 2 is 1.79 bits per heavy atom. The Bertz CT molecular complexity index is 823. The van der Waals surface area contributed by atoms with Crippen LogP contribution in [0.1, 0.15) is 79.7 Å². The number of phenols is 2. The maximum absolute atomic E-state index is 11.8. The second-order valence-electron chi connectivity index (χ2n) is 9.13. The Morgan fingerprint density at radius 1 is 1.14 bits per heavy atom. The minimum Gasteiger partial charge on any atom is -0.507 e. The largest absolute Gasteiger partial charge is 0.507 e. The van der Waals surface area contributed by atoms with Gasteiger partial charge in [-0.3, -0.25) is 9.59 Å². The Labute approximate surface area is 166 Å². The molecule has 0 saturated heterocycles. The van der Waals surface area contributed by atoms with Crippen LogP contribution in [0.4, 0.5) is 0 Å². The quantitative estimate of drug-likeness (QED) is 0.558. The first-order valence-electron chi connectivity index (χ1n) is 10.0. The summed E-state index contributed by atoms with van der Waals surface area (Å²) in [6.07, 6.45) is 6.83. The summed E-state index contributed by atoms with van der Waals surface area (Å²) in [7, 11) is 0. The summed E-state index contributed by atoms with van der Waals surface area (Å²) in [5.74, 6) is 0.638. The lowest BCUT2D eigenvalue weighted by Crippen LogP contribution is -2.49. The third-order valence-electron chi connectivity index (χ3n) is 6.44. The smallest absolute Gasteiger partial charge is 0.157 e. The highest BCUT2D eigenvalue weighted by molar-refractivity contribution is 5.95. The van der Waals surface area contributed by atoms with Gasteiger partial charge in [-0.2, -0.15) is 0 Å². The first-order chi connectivity index (χ1) is 13.1. The van der Waals surface area contributed by atoms with E-state index in [9.17, 15) is 19.8 Å². The van der Waals surface area contributed by atoms with Crippen molar-refractivity contribution in [2.75, 3.05) is 0 Å². The van der Waals surface area contributed by atoms with Crippen molar-refractivity contribution in [3.8, 4) is 17.2 Å². The van der Waals surface area contributed by atoms with E-state index in [1.54, 1.807) is 0 Å². The average molecular weight is 386 g/mol. The molecule has 1 aromatic rings. The minimum absolute atomic E-state index is 0.0669. The van der Waals surface area contributed by atoms with E-state index in [1.807, 2.05) is 6.92 Å². The van der Waals surface area contributed by atoms with Crippen molar-refractivity contribution in [1.82, 2.24) is 0 Å². The third kappa shape index (κ3) is 3.11. The van der Waals surface area contributed by atoms with Crippen molar-refractivity contribution in [3.63, 3.8) is 0 Å². The molecule has 1 aromatic carbocycles. The van der Waals surface area contributed by atoms with Crippen LogP contribution in [0.5, 0.6) is 17.2 Å². The molecule has 152 valence electrons. The summed E-state index contributed by atoms with van der Waals surface area (Å²) in [6, 6.07) is 0. The van der Waals surface area contributed by atoms with Gasteiger partial charge in [0.2, 0.25) is 0 Å². The lowest BCUT2D eigenvalue weighted by molar-refractivity contribution is 0.00795. The number of rotatable bonds is 5. The molecule has 5 nitrogen and oxygen atoms in total. The number of benzene rings is 1. The fourth-order valence-electron chi connectivity index (χ4n) is 4.86. The number of fused-ring (bicyclic) bond motifs is 2. The molecule has 5 heteroatoms. The topological polar surface area (TPSA) is 83.8 Å². The normalized spacial score (nSPS) is 28.6. The Hall–Kier alpha value is -2.30. The van der Waals surface area contributed by atoms with Gasteiger partial charge < -0.3 is 14.9 Å². The molecule has 1 heterocycles. The molecule has 0 bridgehead atoms. The van der Waals surface area contributed by atoms with E-state index >= 15 is 0 Å². The second-order valence-corrected chi connectivity index (χ2v) is 9.13. The van der Waals surface area contributed by atoms with Crippen LogP contribution in [0.15, 0.2) is 12.2 Å². The molecule has 2 N–H and O–H groups in total. The van der Waals surface area contributed by atoms with Gasteiger partial charge in [-0.05, 0) is 49.5 Å². The van der Waals surface area contributed by atoms with Gasteiger partial charge >= 0.3 is 0 Å². The van der Waals surface area contributed by atoms with Gasteiger partial charge in [0.05, 0.1) is 11.1 Å². The summed E-state index contributed by atoms with van der Waals surface area (Å²) < 4.78 is 6.29. The van der Waals surface area contributed by atoms with Crippen molar-refractivity contribution >= 4 is 12.6 Å². The Kier molecular flexibility index (Phi) is 5.30. The van der Waals surface area contributed by atoms with Crippen molar-refractivity contribution in [2.24, 2.45) is 23.7 Å². The average Bonchev–Trinajstić information content (AvgIpc) is 2.60. The van der Waals surface area contributed by atoms with E-state index in [0.717, 1.165) is 12.8 Å². The molecular formula is C23H30O5. The second kappa shape index (κ2) is 7.26. The standard InChI is InChI=1S/C23H30O5/c1-12(2)8-15-18-9-14(13(3)4)6-7-23(18,5)28-22-17(11-25)20(26)16(10-24)21(27)19(15)22/h6-7,10-15,18,26-27H,8-9H2,1-5H3/t14-,15-,18+,23-/m1/s1. The summed E-state index contributed by atoms with van der Waals surface area (Å²) in [5.41, 5.74) is -0.468. The zero-order valence-electron chi connectivity index (χ0n) is 17.2. The number of aldehydes is 2. The van der Waals surface area contributed by atoms with E-state index in [1.165, 1.54) is 0 Å². The van der Waals surface area contributed by atoms with E-state index in [4.69, 9.17) is 4.74 Å². The van der Waals surface area contributed by atoms with Crippen molar-refractivity contribution < 1.29 is 24.5 Å². The molecule has 0 spiro atoms. The summed E-state index contributed by atoms with van der Waals surface area (Å²) in [6.45, 7) is 10.6. The van der Waals surface area contributed by atoms with Gasteiger partial charge in [0.25, 0.3) is 0 Å². The van der Waals surface area contributed by atoms with Gasteiger partial charge in [-0.25, -0.2) is 0 Å². The summed E-state index contributed by atoms with van der Waals surface area (Å²) in [5, 5.41) is 21.2. The zero-order chi connectivity index (χ0) is 20.8. The molecule has 1 aliphatic carbocycles. The van der Waals surface area contributed by atoms with Gasteiger partial charge in [0.1, 0.15) is 22.8 Å². The van der Waals surface area contributed by atoms with Crippen LogP contribution in [0.25, 0.3) is 0 Å². The minimum atomic E-state index is -0.642. The highest BCUT2D eigenvalue weighted by Crippen LogP contribution is 2.58. The molecule has 1 aliphatic heterocycles. The van der Waals surface area contributed by atoms with Crippen LogP contribution >= 0.6 is 0 Å². The SMILES string of the molecule is CC(C)C[C@H]1c2c(O)c(C=O)c(O)c(C=O)c2O[C@]2(C)C=C[C@@H](C(C)C)C[C@@H]12. The van der Waals surface area contributed by atoms with E-state index in [2.05, 4.69) is 39.8 Å². The molecule has 3 rings (SSSR count). The number of hydrogen-bond acceptors (Lipinski definition) is 5. The van der Waals surface area contributed by atoms with E-state index in [0.29, 0.717) is 35.9 Å². The van der Waals surface area contributed by atoms with E-state index < -0.39 is 11.4 Å². The first kappa shape index (κ1) is 20.4. The number of phenolic OH excluding ortho intramolecular Hbond substituents is 2. The molecule has 2 aliphatic rings. The predicted molar refractivity (Wildman–Crippen MR) is 107 cm³/mol. The van der Waals surface area contributed by atoms with Gasteiger partial charge in [0, 0.05) is 11.5 Å². The van der Waals surface area contributed by atoms with Gasteiger partial charge in [-0.1, -0.05) is 33.8 Å². The maximum Gasteiger partial charge on any atom is 0.157 e. The summed E-state index contributed by atoms with van der Waals surface area (Å²) >= 11 is 0. The molecular weight excluding hydrogens is 356 g/mol. The maximum atomic E-state index is 11.8. The lowest BCUT2D eigenvalue weighted by atomic mass is 9.63. The van der Waals surface area contributed by atoms with Gasteiger partial charge in [-0.15, -0.1) is 0 Å². The number of hydrogen-bond donors (Lipinski definition) is 2. The predicted octanol–water partition coefficient (Wildman–Crippen LogP) is 4.85. The zero-order valence-corrected chi connectivity index (χ0v) is 17.2. The third-order valence-corrected chi connectivity index (χ3v) is 6.44. The first-order valence-corrected chi connectivity index (χ1v) is 10.0. The molecule has 0 unspecified atom stereocenters. The van der Waals surface area contributed by atoms with Gasteiger partial charge in [0.15, 0.2) is 12.6 Å². The molecule has 0 aromatic heterocycles. The Morgan fingerprint density at radius 3 is 2.32 bits per heavy atom. The molecule has 0 amide bonds. The molecule has 0 radical (unpaired) electrons. The van der Waals surface area contributed by atoms with Crippen LogP contribution in [0, 0.1) is 23.7 Å². The van der Waals surface area contributed by atoms with Crippen molar-refractivity contribution in [3.05, 3.63) is 28.8 Å². The molecule has 0 fully saturated rings. The number of carbonyl (C=O) groups is 2. The fourth-order valence-corrected chi connectivity index (χ4v) is 4.86. The highest BCUT2D eigenvalue weighted by atomic mass is 16.5. The molecule has 4 atom stereocenters. The monoisotopic (exact) mass is 386 g/mol. The molecule has 28 heavy (non-hydrogen) atoms. The lowest BCUT2D eigenvalue weighted by Gasteiger charge is -2.50. The summed E-state index contributed by atoms with van der Waals surface area (Å²) in [4.78, 5) is 23.3. The van der Waals surface area contributed by atoms with Crippen LogP contribution in [-0.2, 0) is 0 Å². The van der Waals surface area contributed by atoms with Crippen LogP contribution < -0.4 is 4.74 Å². The van der Waals surface area contributed by atoms with E-state index in [-0.39, 0.29) is 34.5 Å². The number of carbonyl (C=O) groups excluding carboxylic acids is 2. The van der Waals surface area contributed by atoms with Crippen LogP contribution in [0.3, 0.4) is 0 Å². The highest BCUT2D eigenvalue weighted by Gasteiger charge is 2.50. The number of aromatic hydroxyl groups is 2. The van der Waals surface area contributed by atoms with Crippen molar-refractivity contribution in [1.29, 1.82) is 0 Å². The Balaban J connectivity index is 2.28. The number of allylic oxidation sites excluding steroid dienone is 1.